The summed E-state index contributed by atoms with van der Waals surface area (Å²) in [5.74, 6) is 11.7. The maximum Gasteiger partial charge on any atom is -0.0386 e. The van der Waals surface area contributed by atoms with Gasteiger partial charge in [0.1, 0.15) is 0 Å². The van der Waals surface area contributed by atoms with Crippen molar-refractivity contribution in [3.05, 3.63) is 22.3 Å². The van der Waals surface area contributed by atoms with Crippen LogP contribution in [0.5, 0.6) is 0 Å². The van der Waals surface area contributed by atoms with Gasteiger partial charge in [-0.05, 0) is 136 Å². The smallest absolute Gasteiger partial charge is 0.0386 e. The average Bonchev–Trinajstić information content (AvgIpc) is 2.93. The predicted molar refractivity (Wildman–Crippen MR) is 210 cm³/mol. The summed E-state index contributed by atoms with van der Waals surface area (Å²) in [6, 6.07) is 0. The van der Waals surface area contributed by atoms with Crippen LogP contribution in [0.3, 0.4) is 0 Å². The molecule has 0 heterocycles. The van der Waals surface area contributed by atoms with Crippen molar-refractivity contribution in [2.24, 2.45) is 82.9 Å². The molecule has 268 valence electrons. The molecule has 0 rings (SSSR count). The summed E-state index contributed by atoms with van der Waals surface area (Å²) in [6.07, 6.45) is 0. The van der Waals surface area contributed by atoms with Gasteiger partial charge >= 0.3 is 0 Å². The Kier molecular flexibility index (Phi) is 29.2. The lowest BCUT2D eigenvalue weighted by Gasteiger charge is -2.34. The van der Waals surface area contributed by atoms with Crippen LogP contribution in [0.1, 0.15) is 180 Å². The lowest BCUT2D eigenvalue weighted by atomic mass is 9.72. The van der Waals surface area contributed by atoms with Crippen LogP contribution in [0.2, 0.25) is 0 Å². The van der Waals surface area contributed by atoms with E-state index in [9.17, 15) is 0 Å². The molecule has 0 aromatic rings. The Balaban J connectivity index is -0.000000247. The third-order valence-corrected chi connectivity index (χ3v) is 12.5. The lowest BCUT2D eigenvalue weighted by molar-refractivity contribution is 0.150. The van der Waals surface area contributed by atoms with Crippen LogP contribution in [-0.2, 0) is 0 Å². The zero-order chi connectivity index (χ0) is 36.4. The van der Waals surface area contributed by atoms with E-state index in [0.29, 0.717) is 0 Å². The molecule has 0 aromatic heterocycles. The fourth-order valence-corrected chi connectivity index (χ4v) is 5.38. The first-order valence-corrected chi connectivity index (χ1v) is 19.0. The third kappa shape index (κ3) is 22.1. The molecule has 0 heteroatoms. The second kappa shape index (κ2) is 25.6. The van der Waals surface area contributed by atoms with Crippen LogP contribution in [0.25, 0.3) is 0 Å². The van der Waals surface area contributed by atoms with Crippen LogP contribution in [0, 0.1) is 82.9 Å². The van der Waals surface area contributed by atoms with Crippen LogP contribution >= 0.6 is 0 Å². The highest BCUT2D eigenvalue weighted by molar-refractivity contribution is 5.33. The number of allylic oxidation sites excluding steroid dienone is 4. The molecule has 0 nitrogen and oxygen atoms in total. The van der Waals surface area contributed by atoms with Crippen molar-refractivity contribution >= 4 is 0 Å². The van der Waals surface area contributed by atoms with Gasteiger partial charge in [-0.1, -0.05) is 150 Å². The molecular formula is C44H92. The Morgan fingerprint density at radius 3 is 0.432 bits per heavy atom. The van der Waals surface area contributed by atoms with Gasteiger partial charge in [0.15, 0.2) is 0 Å². The maximum atomic E-state index is 2.42. The van der Waals surface area contributed by atoms with E-state index in [2.05, 4.69) is 180 Å². The van der Waals surface area contributed by atoms with E-state index >= 15 is 0 Å². The SMILES string of the molecule is CC(C)=C(C)C(C)=C(C)C.CC(C)C(C)C(C)C.CC(C)C(C)C(C)C(C)C(C)C.CC(C)C(C)C(C)C(C)C(C)C(C)C. The van der Waals surface area contributed by atoms with Gasteiger partial charge in [0, 0.05) is 0 Å². The molecule has 0 amide bonds. The van der Waals surface area contributed by atoms with E-state index in [4.69, 9.17) is 0 Å². The largest absolute Gasteiger partial charge is 0.0732 e. The maximum absolute atomic E-state index is 2.42. The van der Waals surface area contributed by atoms with Crippen molar-refractivity contribution in [2.75, 3.05) is 0 Å². The highest BCUT2D eigenvalue weighted by Crippen LogP contribution is 2.34. The molecule has 0 aliphatic carbocycles. The van der Waals surface area contributed by atoms with E-state index in [-0.39, 0.29) is 0 Å². The first-order valence-electron chi connectivity index (χ1n) is 19.0. The molecule has 0 saturated carbocycles. The normalized spacial score (nSPS) is 16.3. The van der Waals surface area contributed by atoms with E-state index in [1.807, 2.05) is 0 Å². The molecule has 0 aliphatic heterocycles. The Morgan fingerprint density at radius 1 is 0.205 bits per heavy atom. The van der Waals surface area contributed by atoms with Gasteiger partial charge in [-0.15, -0.1) is 0 Å². The second-order valence-electron chi connectivity index (χ2n) is 17.6. The molecule has 6 atom stereocenters. The van der Waals surface area contributed by atoms with Crippen LogP contribution < -0.4 is 0 Å². The standard InChI is InChI=1S/C14H30.C12H26.C10H18.C8H18/c1-9(2)11(5)13(7)14(8)12(6)10(3)4;1-8(2)10(5)12(7)11(6)9(3)4;1-7(2)9(5)10(6)8(3)4;1-6(2)8(5)7(3)4/h9-14H,1-8H3;8-12H,1-7H3;1-6H3;6-8H,1-5H3. The Labute approximate surface area is 284 Å². The van der Waals surface area contributed by atoms with Crippen molar-refractivity contribution in [3.8, 4) is 0 Å². The van der Waals surface area contributed by atoms with Crippen LogP contribution in [0.15, 0.2) is 22.3 Å². The average molecular weight is 621 g/mol. The van der Waals surface area contributed by atoms with Gasteiger partial charge in [0.05, 0.1) is 0 Å². The van der Waals surface area contributed by atoms with Crippen LogP contribution in [-0.4, -0.2) is 0 Å². The minimum atomic E-state index is 0.812. The summed E-state index contributed by atoms with van der Waals surface area (Å²) in [7, 11) is 0. The third-order valence-electron chi connectivity index (χ3n) is 12.5. The minimum absolute atomic E-state index is 0.812. The predicted octanol–water partition coefficient (Wildman–Crippen LogP) is 15.7. The first-order chi connectivity index (χ1) is 19.7. The molecule has 0 bridgehead atoms. The van der Waals surface area contributed by atoms with Gasteiger partial charge < -0.3 is 0 Å². The molecule has 0 N–H and O–H groups in total. The summed E-state index contributed by atoms with van der Waals surface area (Å²) < 4.78 is 0. The fourth-order valence-electron chi connectivity index (χ4n) is 5.38. The van der Waals surface area contributed by atoms with Crippen molar-refractivity contribution in [2.45, 2.75) is 180 Å². The Bertz CT molecular complexity index is 670. The van der Waals surface area contributed by atoms with E-state index < -0.39 is 0 Å². The molecule has 0 spiro atoms. The number of rotatable bonds is 12. The molecule has 0 aromatic carbocycles. The molecule has 0 fully saturated rings. The topological polar surface area (TPSA) is 0 Å². The summed E-state index contributed by atoms with van der Waals surface area (Å²) in [4.78, 5) is 0. The molecule has 0 aliphatic rings. The zero-order valence-corrected chi connectivity index (χ0v) is 36.1. The minimum Gasteiger partial charge on any atom is -0.0732 e. The Hall–Kier alpha value is -0.520. The molecule has 0 saturated heterocycles. The van der Waals surface area contributed by atoms with Crippen molar-refractivity contribution in [1.82, 2.24) is 0 Å². The van der Waals surface area contributed by atoms with E-state index in [1.165, 1.54) is 22.3 Å². The lowest BCUT2D eigenvalue weighted by Crippen LogP contribution is -2.27. The number of hydrogen-bond acceptors (Lipinski definition) is 0. The van der Waals surface area contributed by atoms with Crippen molar-refractivity contribution in [1.29, 1.82) is 0 Å². The van der Waals surface area contributed by atoms with Gasteiger partial charge in [0.2, 0.25) is 0 Å². The molecule has 44 heavy (non-hydrogen) atoms. The van der Waals surface area contributed by atoms with E-state index in [0.717, 1.165) is 82.9 Å². The zero-order valence-electron chi connectivity index (χ0n) is 36.1. The highest BCUT2D eigenvalue weighted by Gasteiger charge is 2.27. The van der Waals surface area contributed by atoms with Crippen molar-refractivity contribution < 1.29 is 0 Å². The van der Waals surface area contributed by atoms with Gasteiger partial charge in [0.25, 0.3) is 0 Å². The molecular weight excluding hydrogens is 528 g/mol. The van der Waals surface area contributed by atoms with Gasteiger partial charge in [-0.3, -0.25) is 0 Å². The first kappa shape index (κ1) is 50.3. The molecule has 6 unspecified atom stereocenters. The second-order valence-corrected chi connectivity index (χ2v) is 17.6. The van der Waals surface area contributed by atoms with Gasteiger partial charge in [-0.25, -0.2) is 0 Å². The van der Waals surface area contributed by atoms with E-state index in [1.54, 1.807) is 0 Å². The fraction of sp³-hybridized carbons (Fsp3) is 0.909. The quantitative estimate of drug-likeness (QED) is 0.190. The van der Waals surface area contributed by atoms with Crippen LogP contribution in [0.4, 0.5) is 0 Å². The molecule has 0 radical (unpaired) electrons. The monoisotopic (exact) mass is 621 g/mol. The summed E-state index contributed by atoms with van der Waals surface area (Å²) in [5.41, 5.74) is 5.69. The summed E-state index contributed by atoms with van der Waals surface area (Å²) >= 11 is 0. The summed E-state index contributed by atoms with van der Waals surface area (Å²) in [5, 5.41) is 0. The Morgan fingerprint density at radius 2 is 0.341 bits per heavy atom. The van der Waals surface area contributed by atoms with Crippen molar-refractivity contribution in [3.63, 3.8) is 0 Å². The highest BCUT2D eigenvalue weighted by atomic mass is 14.3. The van der Waals surface area contributed by atoms with Gasteiger partial charge in [-0.2, -0.15) is 0 Å². The summed E-state index contributed by atoms with van der Waals surface area (Å²) in [6.45, 7) is 59.9. The number of hydrogen-bond donors (Lipinski definition) is 0.